The van der Waals surface area contributed by atoms with Crippen molar-refractivity contribution in [3.05, 3.63) is 0 Å². The normalized spacial score (nSPS) is 13.4. The van der Waals surface area contributed by atoms with Crippen molar-refractivity contribution < 1.29 is 17.9 Å². The second-order valence-electron chi connectivity index (χ2n) is 3.79. The zero-order chi connectivity index (χ0) is 13.5. The van der Waals surface area contributed by atoms with E-state index in [4.69, 9.17) is 10.5 Å². The molecule has 0 aliphatic carbocycles. The molecule has 0 spiro atoms. The minimum Gasteiger partial charge on any atom is -0.378 e. The Labute approximate surface area is 103 Å². The molecule has 1 atom stereocenters. The summed E-state index contributed by atoms with van der Waals surface area (Å²) in [6.45, 7) is 5.29. The maximum absolute atomic E-state index is 11.9. The molecule has 0 heterocycles. The van der Waals surface area contributed by atoms with Crippen molar-refractivity contribution >= 4 is 15.7 Å². The predicted octanol–water partition coefficient (Wildman–Crippen LogP) is -0.757. The van der Waals surface area contributed by atoms with E-state index < -0.39 is 15.1 Å². The second-order valence-corrected chi connectivity index (χ2v) is 6.16. The van der Waals surface area contributed by atoms with E-state index in [-0.39, 0.29) is 5.91 Å². The first-order valence-corrected chi connectivity index (χ1v) is 7.55. The highest BCUT2D eigenvalue weighted by Gasteiger charge is 2.27. The summed E-state index contributed by atoms with van der Waals surface area (Å²) in [5.41, 5.74) is 5.26. The van der Waals surface area contributed by atoms with Crippen molar-refractivity contribution in [1.82, 2.24) is 4.90 Å². The van der Waals surface area contributed by atoms with E-state index in [0.717, 1.165) is 6.26 Å². The first-order chi connectivity index (χ1) is 7.84. The number of sulfone groups is 1. The molecular formula is C10H22N2O4S. The van der Waals surface area contributed by atoms with Crippen LogP contribution in [0.1, 0.15) is 13.8 Å². The molecule has 2 N–H and O–H groups in total. The Kier molecular flexibility index (Phi) is 7.33. The molecule has 17 heavy (non-hydrogen) atoms. The van der Waals surface area contributed by atoms with Gasteiger partial charge in [0, 0.05) is 25.9 Å². The summed E-state index contributed by atoms with van der Waals surface area (Å²) in [5, 5.41) is -1.00. The number of nitrogens with two attached hydrogens (primary N) is 1. The summed E-state index contributed by atoms with van der Waals surface area (Å²) in [7, 11) is -3.34. The lowest BCUT2D eigenvalue weighted by atomic mass is 10.3. The number of nitrogens with zero attached hydrogens (tertiary/aromatic N) is 1. The van der Waals surface area contributed by atoms with Crippen molar-refractivity contribution in [2.75, 3.05) is 39.1 Å². The maximum atomic E-state index is 11.9. The van der Waals surface area contributed by atoms with Crippen LogP contribution in [-0.4, -0.2) is 63.6 Å². The fraction of sp³-hybridized carbons (Fsp3) is 0.900. The lowest BCUT2D eigenvalue weighted by Crippen LogP contribution is -2.42. The molecule has 0 bridgehead atoms. The van der Waals surface area contributed by atoms with Gasteiger partial charge in [0.05, 0.1) is 13.2 Å². The minimum atomic E-state index is -3.34. The molecule has 0 aliphatic rings. The number of carbonyl (C=O) groups excluding carboxylic acids is 1. The number of hydrogen-bond acceptors (Lipinski definition) is 5. The fourth-order valence-electron chi connectivity index (χ4n) is 1.22. The molecule has 0 aliphatic heterocycles. The van der Waals surface area contributed by atoms with Crippen LogP contribution in [0.2, 0.25) is 0 Å². The van der Waals surface area contributed by atoms with Gasteiger partial charge in [0.2, 0.25) is 5.91 Å². The van der Waals surface area contributed by atoms with Gasteiger partial charge in [0.25, 0.3) is 0 Å². The third-order valence-electron chi connectivity index (χ3n) is 2.45. The Bertz CT molecular complexity index is 329. The van der Waals surface area contributed by atoms with E-state index in [9.17, 15) is 13.2 Å². The van der Waals surface area contributed by atoms with Crippen LogP contribution in [-0.2, 0) is 19.4 Å². The lowest BCUT2D eigenvalue weighted by Gasteiger charge is -2.23. The molecule has 0 aromatic carbocycles. The van der Waals surface area contributed by atoms with Gasteiger partial charge in [0.15, 0.2) is 9.84 Å². The topological polar surface area (TPSA) is 89.7 Å². The summed E-state index contributed by atoms with van der Waals surface area (Å²) < 4.78 is 27.7. The average molecular weight is 266 g/mol. The van der Waals surface area contributed by atoms with Gasteiger partial charge in [0.1, 0.15) is 5.25 Å². The molecule has 0 radical (unpaired) electrons. The summed E-state index contributed by atoms with van der Waals surface area (Å²) in [5.74, 6) is -0.383. The first-order valence-electron chi connectivity index (χ1n) is 5.60. The summed E-state index contributed by atoms with van der Waals surface area (Å²) in [6, 6.07) is 0. The van der Waals surface area contributed by atoms with Gasteiger partial charge in [-0.05, 0) is 13.8 Å². The molecule has 0 fully saturated rings. The molecule has 0 aromatic rings. The number of likely N-dealkylation sites (N-methyl/N-ethyl adjacent to an activating group) is 1. The van der Waals surface area contributed by atoms with E-state index in [2.05, 4.69) is 0 Å². The Hall–Kier alpha value is -0.660. The van der Waals surface area contributed by atoms with Gasteiger partial charge >= 0.3 is 0 Å². The Balaban J connectivity index is 4.31. The van der Waals surface area contributed by atoms with Crippen LogP contribution < -0.4 is 5.73 Å². The summed E-state index contributed by atoms with van der Waals surface area (Å²) in [6.07, 6.45) is 1.06. The van der Waals surface area contributed by atoms with Gasteiger partial charge < -0.3 is 15.4 Å². The van der Waals surface area contributed by atoms with Crippen molar-refractivity contribution in [2.24, 2.45) is 5.73 Å². The Morgan fingerprint density at radius 3 is 2.41 bits per heavy atom. The highest BCUT2D eigenvalue weighted by molar-refractivity contribution is 7.92. The first kappa shape index (κ1) is 16.3. The maximum Gasteiger partial charge on any atom is 0.240 e. The quantitative estimate of drug-likeness (QED) is 0.583. The van der Waals surface area contributed by atoms with Gasteiger partial charge in [-0.1, -0.05) is 0 Å². The van der Waals surface area contributed by atoms with Gasteiger partial charge in [-0.3, -0.25) is 4.79 Å². The third kappa shape index (κ3) is 5.99. The molecule has 0 rings (SSSR count). The van der Waals surface area contributed by atoms with Gasteiger partial charge in [-0.25, -0.2) is 8.42 Å². The van der Waals surface area contributed by atoms with Crippen LogP contribution in [0.5, 0.6) is 0 Å². The van der Waals surface area contributed by atoms with Gasteiger partial charge in [-0.15, -0.1) is 0 Å². The average Bonchev–Trinajstić information content (AvgIpc) is 2.26. The number of rotatable bonds is 8. The number of amides is 1. The van der Waals surface area contributed by atoms with Crippen LogP contribution in [0.25, 0.3) is 0 Å². The van der Waals surface area contributed by atoms with Crippen LogP contribution in [0.4, 0.5) is 0 Å². The molecule has 0 aromatic heterocycles. The zero-order valence-electron chi connectivity index (χ0n) is 10.7. The molecule has 0 saturated heterocycles. The Morgan fingerprint density at radius 1 is 1.41 bits per heavy atom. The standard InChI is InChI=1S/C10H22N2O4S/c1-4-12(6-8-16-7-5-11)10(13)9(2)17(3,14)15/h9H,4-8,11H2,1-3H3. The zero-order valence-corrected chi connectivity index (χ0v) is 11.5. The molecule has 7 heteroatoms. The van der Waals surface area contributed by atoms with E-state index in [1.54, 1.807) is 6.92 Å². The van der Waals surface area contributed by atoms with Crippen LogP contribution in [0.15, 0.2) is 0 Å². The molecule has 0 saturated carbocycles. The van der Waals surface area contributed by atoms with Crippen LogP contribution in [0, 0.1) is 0 Å². The fourth-order valence-corrected chi connectivity index (χ4v) is 1.74. The number of ether oxygens (including phenoxy) is 1. The highest BCUT2D eigenvalue weighted by atomic mass is 32.2. The highest BCUT2D eigenvalue weighted by Crippen LogP contribution is 2.04. The van der Waals surface area contributed by atoms with Crippen LogP contribution in [0.3, 0.4) is 0 Å². The van der Waals surface area contributed by atoms with Crippen molar-refractivity contribution in [3.8, 4) is 0 Å². The van der Waals surface area contributed by atoms with Gasteiger partial charge in [-0.2, -0.15) is 0 Å². The largest absolute Gasteiger partial charge is 0.378 e. The Morgan fingerprint density at radius 2 is 2.00 bits per heavy atom. The molecular weight excluding hydrogens is 244 g/mol. The van der Waals surface area contributed by atoms with E-state index >= 15 is 0 Å². The predicted molar refractivity (Wildman–Crippen MR) is 66.4 cm³/mol. The van der Waals surface area contributed by atoms with E-state index in [0.29, 0.717) is 32.8 Å². The monoisotopic (exact) mass is 266 g/mol. The summed E-state index contributed by atoms with van der Waals surface area (Å²) >= 11 is 0. The molecule has 6 nitrogen and oxygen atoms in total. The molecule has 1 unspecified atom stereocenters. The molecule has 1 amide bonds. The van der Waals surface area contributed by atoms with Crippen molar-refractivity contribution in [1.29, 1.82) is 0 Å². The SMILES string of the molecule is CCN(CCOCCN)C(=O)C(C)S(C)(=O)=O. The van der Waals surface area contributed by atoms with E-state index in [1.807, 2.05) is 0 Å². The number of carbonyl (C=O) groups is 1. The minimum absolute atomic E-state index is 0.368. The lowest BCUT2D eigenvalue weighted by molar-refractivity contribution is -0.131. The third-order valence-corrected chi connectivity index (χ3v) is 3.94. The summed E-state index contributed by atoms with van der Waals surface area (Å²) in [4.78, 5) is 13.3. The smallest absolute Gasteiger partial charge is 0.240 e. The van der Waals surface area contributed by atoms with E-state index in [1.165, 1.54) is 11.8 Å². The molecule has 102 valence electrons. The van der Waals surface area contributed by atoms with Crippen LogP contribution >= 0.6 is 0 Å². The second kappa shape index (κ2) is 7.62. The number of hydrogen-bond donors (Lipinski definition) is 1. The van der Waals surface area contributed by atoms with Crippen molar-refractivity contribution in [3.63, 3.8) is 0 Å². The van der Waals surface area contributed by atoms with Crippen molar-refractivity contribution in [2.45, 2.75) is 19.1 Å².